The van der Waals surface area contributed by atoms with Gasteiger partial charge in [0, 0.05) is 6.92 Å². The van der Waals surface area contributed by atoms with E-state index < -0.39 is 0 Å². The van der Waals surface area contributed by atoms with Crippen LogP contribution in [0.2, 0.25) is 0 Å². The molecule has 0 fully saturated rings. The molecule has 0 spiro atoms. The molecule has 0 aliphatic heterocycles. The fraction of sp³-hybridized carbons (Fsp3) is 0.300. The van der Waals surface area contributed by atoms with Crippen molar-refractivity contribution in [3.8, 4) is 0 Å². The van der Waals surface area contributed by atoms with Crippen LogP contribution in [0.3, 0.4) is 0 Å². The Labute approximate surface area is 82.1 Å². The summed E-state index contributed by atoms with van der Waals surface area (Å²) in [5, 5.41) is 0. The minimum Gasteiger partial charge on any atom is -0.357 e. The molecule has 0 aromatic carbocycles. The van der Waals surface area contributed by atoms with Gasteiger partial charge in [0.25, 0.3) is 0 Å². The first-order chi connectivity index (χ1) is 6.65. The second-order valence-corrected chi connectivity index (χ2v) is 2.99. The quantitative estimate of drug-likeness (QED) is 0.689. The van der Waals surface area contributed by atoms with Crippen molar-refractivity contribution in [1.29, 1.82) is 0 Å². The Hall–Kier alpha value is -1.55. The number of aromatic nitrogens is 1. The first-order valence-corrected chi connectivity index (χ1v) is 4.45. The van der Waals surface area contributed by atoms with Gasteiger partial charge in [0.05, 0.1) is 13.0 Å². The highest BCUT2D eigenvalue weighted by molar-refractivity contribution is 5.97. The topological polar surface area (TPSA) is 74.7 Å². The summed E-state index contributed by atoms with van der Waals surface area (Å²) >= 11 is 0. The molecule has 0 unspecified atom stereocenters. The smallest absolute Gasteiger partial charge is 0.186 e. The maximum absolute atomic E-state index is 11.4. The van der Waals surface area contributed by atoms with Crippen LogP contribution in [-0.2, 0) is 0 Å². The number of nitrogens with zero attached hydrogens (tertiary/aromatic N) is 1. The summed E-state index contributed by atoms with van der Waals surface area (Å²) in [6, 6.07) is 4.88. The summed E-state index contributed by atoms with van der Waals surface area (Å²) in [6.07, 6.45) is 0.369. The number of Topliss-reactive ketones (excluding diaryl/α,β-unsaturated/α-hetero) is 2. The van der Waals surface area contributed by atoms with Crippen molar-refractivity contribution in [2.24, 2.45) is 0 Å². The van der Waals surface area contributed by atoms with Crippen molar-refractivity contribution in [2.75, 3.05) is 6.54 Å². The Morgan fingerprint density at radius 1 is 1.36 bits per heavy atom. The summed E-state index contributed by atoms with van der Waals surface area (Å²) < 4.78 is 0. The highest BCUT2D eigenvalue weighted by Gasteiger charge is 2.09. The average Bonchev–Trinajstić information content (AvgIpc) is 2.18. The van der Waals surface area contributed by atoms with Crippen LogP contribution in [0.15, 0.2) is 18.2 Å². The Morgan fingerprint density at radius 3 is 2.57 bits per heavy atom. The van der Waals surface area contributed by atoms with Crippen LogP contribution < -0.4 is 5.73 Å². The van der Waals surface area contributed by atoms with Gasteiger partial charge in [0.1, 0.15) is 11.4 Å². The van der Waals surface area contributed by atoms with Crippen molar-refractivity contribution in [3.05, 3.63) is 29.6 Å². The first-order valence-electron chi connectivity index (χ1n) is 4.45. The van der Waals surface area contributed by atoms with Crippen molar-refractivity contribution >= 4 is 11.6 Å². The molecule has 1 rings (SSSR count). The third-order valence-electron chi connectivity index (χ3n) is 1.80. The van der Waals surface area contributed by atoms with Gasteiger partial charge in [-0.1, -0.05) is 6.07 Å². The molecule has 4 heteroatoms. The molecule has 74 valence electrons. The molecule has 0 saturated carbocycles. The molecule has 14 heavy (non-hydrogen) atoms. The lowest BCUT2D eigenvalue weighted by Gasteiger charge is -1.99. The Bertz CT molecular complexity index is 361. The van der Waals surface area contributed by atoms with Gasteiger partial charge in [0.15, 0.2) is 11.6 Å². The number of carbonyl (C=O) groups excluding carboxylic acids is 2. The number of rotatable bonds is 4. The molecule has 1 aromatic heterocycles. The van der Waals surface area contributed by atoms with Crippen LogP contribution >= 0.6 is 0 Å². The van der Waals surface area contributed by atoms with E-state index in [-0.39, 0.29) is 11.6 Å². The number of pyridine rings is 1. The molecule has 0 radical (unpaired) electrons. The fourth-order valence-corrected chi connectivity index (χ4v) is 1.07. The molecule has 1 aromatic rings. The van der Waals surface area contributed by atoms with E-state index in [1.807, 2.05) is 0 Å². The standard InChI is InChI=1S/C10H12N2O2/c1-7(13)8-3-2-4-9(12-8)10(14)5-6-11/h2-4H,5-6,11H2,1H3/p+1. The van der Waals surface area contributed by atoms with E-state index in [1.54, 1.807) is 18.2 Å². The monoisotopic (exact) mass is 193 g/mol. The van der Waals surface area contributed by atoms with E-state index in [0.29, 0.717) is 24.4 Å². The predicted octanol–water partition coefficient (Wildman–Crippen LogP) is 0.0989. The molecule has 1 heterocycles. The number of hydrogen-bond donors (Lipinski definition) is 1. The van der Waals surface area contributed by atoms with Gasteiger partial charge in [-0.25, -0.2) is 4.98 Å². The van der Waals surface area contributed by atoms with E-state index in [1.165, 1.54) is 6.92 Å². The van der Waals surface area contributed by atoms with Gasteiger partial charge in [-0.3, -0.25) is 9.59 Å². The third-order valence-corrected chi connectivity index (χ3v) is 1.80. The molecule has 0 aliphatic carbocycles. The summed E-state index contributed by atoms with van der Waals surface area (Å²) in [5.74, 6) is -0.197. The molecule has 0 aliphatic rings. The zero-order chi connectivity index (χ0) is 10.6. The van der Waals surface area contributed by atoms with Crippen LogP contribution in [0, 0.1) is 0 Å². The SMILES string of the molecule is CC(=O)c1cccc(C(=O)CC[NH3+])n1. The maximum Gasteiger partial charge on any atom is 0.186 e. The lowest BCUT2D eigenvalue weighted by Crippen LogP contribution is -2.50. The van der Waals surface area contributed by atoms with E-state index in [9.17, 15) is 9.59 Å². The van der Waals surface area contributed by atoms with E-state index in [4.69, 9.17) is 0 Å². The minimum absolute atomic E-state index is 0.0666. The average molecular weight is 193 g/mol. The molecule has 4 nitrogen and oxygen atoms in total. The van der Waals surface area contributed by atoms with E-state index in [2.05, 4.69) is 10.7 Å². The van der Waals surface area contributed by atoms with Gasteiger partial charge in [0.2, 0.25) is 0 Å². The predicted molar refractivity (Wildman–Crippen MR) is 50.9 cm³/mol. The molecule has 0 amide bonds. The fourth-order valence-electron chi connectivity index (χ4n) is 1.07. The van der Waals surface area contributed by atoms with Gasteiger partial charge in [-0.05, 0) is 12.1 Å². The largest absolute Gasteiger partial charge is 0.357 e. The van der Waals surface area contributed by atoms with Gasteiger partial charge < -0.3 is 5.73 Å². The lowest BCUT2D eigenvalue weighted by molar-refractivity contribution is -0.365. The van der Waals surface area contributed by atoms with Crippen molar-refractivity contribution in [1.82, 2.24) is 4.98 Å². The third kappa shape index (κ3) is 2.47. The van der Waals surface area contributed by atoms with Crippen molar-refractivity contribution < 1.29 is 15.3 Å². The number of ketones is 2. The molecular weight excluding hydrogens is 180 g/mol. The highest BCUT2D eigenvalue weighted by Crippen LogP contribution is 2.02. The van der Waals surface area contributed by atoms with Crippen LogP contribution in [0.1, 0.15) is 34.3 Å². The van der Waals surface area contributed by atoms with E-state index >= 15 is 0 Å². The second kappa shape index (κ2) is 4.62. The minimum atomic E-state index is -0.130. The summed E-state index contributed by atoms with van der Waals surface area (Å²) in [6.45, 7) is 1.97. The summed E-state index contributed by atoms with van der Waals surface area (Å²) in [5.41, 5.74) is 4.27. The highest BCUT2D eigenvalue weighted by atomic mass is 16.1. The summed E-state index contributed by atoms with van der Waals surface area (Å²) in [4.78, 5) is 26.4. The molecule has 0 bridgehead atoms. The summed E-state index contributed by atoms with van der Waals surface area (Å²) in [7, 11) is 0. The normalized spacial score (nSPS) is 9.86. The molecule has 0 atom stereocenters. The van der Waals surface area contributed by atoms with Crippen molar-refractivity contribution in [3.63, 3.8) is 0 Å². The Balaban J connectivity index is 2.93. The number of carbonyl (C=O) groups is 2. The van der Waals surface area contributed by atoms with Gasteiger partial charge in [-0.2, -0.15) is 0 Å². The second-order valence-electron chi connectivity index (χ2n) is 2.99. The first kappa shape index (κ1) is 10.5. The van der Waals surface area contributed by atoms with Crippen molar-refractivity contribution in [2.45, 2.75) is 13.3 Å². The molecular formula is C10H13N2O2+. The Morgan fingerprint density at radius 2 is 2.00 bits per heavy atom. The van der Waals surface area contributed by atoms with Crippen LogP contribution in [0.4, 0.5) is 0 Å². The van der Waals surface area contributed by atoms with Gasteiger partial charge >= 0.3 is 0 Å². The zero-order valence-corrected chi connectivity index (χ0v) is 8.12. The van der Waals surface area contributed by atoms with Crippen LogP contribution in [0.5, 0.6) is 0 Å². The number of hydrogen-bond acceptors (Lipinski definition) is 3. The Kier molecular flexibility index (Phi) is 3.48. The lowest BCUT2D eigenvalue weighted by atomic mass is 10.1. The molecule has 0 saturated heterocycles. The van der Waals surface area contributed by atoms with Gasteiger partial charge in [-0.15, -0.1) is 0 Å². The zero-order valence-electron chi connectivity index (χ0n) is 8.12. The molecule has 3 N–H and O–H groups in total. The van der Waals surface area contributed by atoms with Crippen LogP contribution in [-0.4, -0.2) is 23.1 Å². The number of quaternary nitrogens is 1. The van der Waals surface area contributed by atoms with Crippen LogP contribution in [0.25, 0.3) is 0 Å². The van der Waals surface area contributed by atoms with E-state index in [0.717, 1.165) is 0 Å². The maximum atomic E-state index is 11.4.